The molecule has 0 unspecified atom stereocenters. The number of nitriles is 1. The molecule has 0 spiro atoms. The van der Waals surface area contributed by atoms with Crippen LogP contribution in [-0.4, -0.2) is 18.6 Å². The number of ether oxygens (including phenoxy) is 1. The first-order chi connectivity index (χ1) is 12.0. The van der Waals surface area contributed by atoms with Crippen molar-refractivity contribution in [3.05, 3.63) is 35.4 Å². The first-order valence-electron chi connectivity index (χ1n) is 9.15. The number of amides is 1. The summed E-state index contributed by atoms with van der Waals surface area (Å²) < 4.78 is 5.65. The first kappa shape index (κ1) is 19.1. The zero-order valence-electron chi connectivity index (χ0n) is 15.4. The first-order valence-corrected chi connectivity index (χ1v) is 9.15. The minimum absolute atomic E-state index is 0.147. The van der Waals surface area contributed by atoms with Crippen LogP contribution in [0, 0.1) is 23.2 Å². The Kier molecular flexibility index (Phi) is 7.06. The molecule has 1 aromatic carbocycles. The second-order valence-corrected chi connectivity index (χ2v) is 7.29. The summed E-state index contributed by atoms with van der Waals surface area (Å²) in [6, 6.07) is 9.66. The molecule has 1 aliphatic carbocycles. The molecule has 2 atom stereocenters. The Labute approximate surface area is 150 Å². The third-order valence-corrected chi connectivity index (χ3v) is 4.57. The summed E-state index contributed by atoms with van der Waals surface area (Å²) in [5, 5.41) is 12.4. The van der Waals surface area contributed by atoms with Crippen molar-refractivity contribution < 1.29 is 9.53 Å². The van der Waals surface area contributed by atoms with E-state index in [1.807, 2.05) is 30.3 Å². The van der Waals surface area contributed by atoms with Crippen LogP contribution in [0.25, 0.3) is 6.08 Å². The fraction of sp³-hybridized carbons (Fsp3) is 0.524. The number of carbonyl (C=O) groups excluding carboxylic acids is 1. The second kappa shape index (κ2) is 9.27. The fourth-order valence-corrected chi connectivity index (χ4v) is 3.02. The average molecular weight is 340 g/mol. The fourth-order valence-electron chi connectivity index (χ4n) is 3.02. The Balaban J connectivity index is 2.01. The van der Waals surface area contributed by atoms with E-state index in [-0.39, 0.29) is 17.5 Å². The molecule has 4 nitrogen and oxygen atoms in total. The average Bonchev–Trinajstić information content (AvgIpc) is 2.60. The van der Waals surface area contributed by atoms with Gasteiger partial charge in [0.05, 0.1) is 6.61 Å². The summed E-state index contributed by atoms with van der Waals surface area (Å²) >= 11 is 0. The second-order valence-electron chi connectivity index (χ2n) is 7.29. The molecule has 1 N–H and O–H groups in total. The van der Waals surface area contributed by atoms with E-state index in [0.717, 1.165) is 30.6 Å². The van der Waals surface area contributed by atoms with Crippen LogP contribution in [-0.2, 0) is 4.79 Å². The van der Waals surface area contributed by atoms with Gasteiger partial charge < -0.3 is 10.1 Å². The lowest BCUT2D eigenvalue weighted by atomic mass is 9.86. The summed E-state index contributed by atoms with van der Waals surface area (Å²) in [4.78, 5) is 12.4. The van der Waals surface area contributed by atoms with Gasteiger partial charge in [-0.25, -0.2) is 0 Å². The van der Waals surface area contributed by atoms with Crippen LogP contribution in [0.2, 0.25) is 0 Å². The number of carbonyl (C=O) groups is 1. The summed E-state index contributed by atoms with van der Waals surface area (Å²) in [6.07, 6.45) is 6.12. The molecule has 2 rings (SSSR count). The van der Waals surface area contributed by atoms with Crippen LogP contribution < -0.4 is 10.1 Å². The Morgan fingerprint density at radius 1 is 1.32 bits per heavy atom. The van der Waals surface area contributed by atoms with Crippen molar-refractivity contribution in [2.75, 3.05) is 6.61 Å². The van der Waals surface area contributed by atoms with Gasteiger partial charge in [0.25, 0.3) is 5.91 Å². The van der Waals surface area contributed by atoms with E-state index in [2.05, 4.69) is 26.1 Å². The van der Waals surface area contributed by atoms with Gasteiger partial charge >= 0.3 is 0 Å². The van der Waals surface area contributed by atoms with Gasteiger partial charge in [-0.2, -0.15) is 5.26 Å². The molecule has 0 radical (unpaired) electrons. The van der Waals surface area contributed by atoms with E-state index in [0.29, 0.717) is 18.4 Å². The maximum atomic E-state index is 12.4. The van der Waals surface area contributed by atoms with Gasteiger partial charge in [0.15, 0.2) is 0 Å². The summed E-state index contributed by atoms with van der Waals surface area (Å²) in [7, 11) is 0. The summed E-state index contributed by atoms with van der Waals surface area (Å²) in [6.45, 7) is 7.03. The minimum Gasteiger partial charge on any atom is -0.493 e. The molecular formula is C21H28N2O2. The van der Waals surface area contributed by atoms with E-state index in [1.165, 1.54) is 6.42 Å². The molecule has 0 aromatic heterocycles. The molecule has 1 aliphatic rings. The van der Waals surface area contributed by atoms with Crippen LogP contribution in [0.5, 0.6) is 5.75 Å². The zero-order chi connectivity index (χ0) is 18.2. The molecule has 0 saturated heterocycles. The van der Waals surface area contributed by atoms with Crippen molar-refractivity contribution in [3.63, 3.8) is 0 Å². The molecule has 4 heteroatoms. The van der Waals surface area contributed by atoms with Crippen molar-refractivity contribution in [3.8, 4) is 11.8 Å². The zero-order valence-corrected chi connectivity index (χ0v) is 15.4. The van der Waals surface area contributed by atoms with Crippen molar-refractivity contribution in [2.24, 2.45) is 11.8 Å². The molecule has 1 aromatic rings. The van der Waals surface area contributed by atoms with E-state index in [1.54, 1.807) is 6.08 Å². The maximum Gasteiger partial charge on any atom is 0.262 e. The molecule has 0 heterocycles. The summed E-state index contributed by atoms with van der Waals surface area (Å²) in [5.74, 6) is 1.46. The number of nitrogens with zero attached hydrogens (tertiary/aromatic N) is 1. The smallest absolute Gasteiger partial charge is 0.262 e. The SMILES string of the molecule is CC(C)COc1ccc(/C=C(\C#N)C(=O)N[C@H]2CCCC[C@H]2C)cc1. The third-order valence-electron chi connectivity index (χ3n) is 4.57. The van der Waals surface area contributed by atoms with Crippen LogP contribution in [0.1, 0.15) is 52.0 Å². The van der Waals surface area contributed by atoms with Gasteiger partial charge in [-0.1, -0.05) is 45.7 Å². The van der Waals surface area contributed by atoms with Gasteiger partial charge in [-0.3, -0.25) is 4.79 Å². The lowest BCUT2D eigenvalue weighted by Gasteiger charge is -2.29. The highest BCUT2D eigenvalue weighted by atomic mass is 16.5. The highest BCUT2D eigenvalue weighted by Gasteiger charge is 2.23. The molecular weight excluding hydrogens is 312 g/mol. The predicted octanol–water partition coefficient (Wildman–Crippen LogP) is 4.32. The third kappa shape index (κ3) is 5.94. The molecule has 1 fully saturated rings. The van der Waals surface area contributed by atoms with Gasteiger partial charge in [0.1, 0.15) is 17.4 Å². The number of hydrogen-bond acceptors (Lipinski definition) is 3. The van der Waals surface area contributed by atoms with Crippen molar-refractivity contribution in [2.45, 2.75) is 52.5 Å². The van der Waals surface area contributed by atoms with Crippen LogP contribution in [0.3, 0.4) is 0 Å². The van der Waals surface area contributed by atoms with Gasteiger partial charge in [0, 0.05) is 6.04 Å². The van der Waals surface area contributed by atoms with E-state index < -0.39 is 0 Å². The van der Waals surface area contributed by atoms with E-state index >= 15 is 0 Å². The molecule has 0 aliphatic heterocycles. The molecule has 0 bridgehead atoms. The predicted molar refractivity (Wildman–Crippen MR) is 99.9 cm³/mol. The van der Waals surface area contributed by atoms with Gasteiger partial charge in [0.2, 0.25) is 0 Å². The van der Waals surface area contributed by atoms with Crippen LogP contribution in [0.15, 0.2) is 29.8 Å². The molecule has 1 amide bonds. The number of rotatable bonds is 6. The molecule has 134 valence electrons. The Morgan fingerprint density at radius 2 is 2.00 bits per heavy atom. The number of nitrogens with one attached hydrogen (secondary N) is 1. The van der Waals surface area contributed by atoms with Gasteiger partial charge in [-0.15, -0.1) is 0 Å². The topological polar surface area (TPSA) is 62.1 Å². The standard InChI is InChI=1S/C21H28N2O2/c1-15(2)14-25-19-10-8-17(9-11-19)12-18(13-22)21(24)23-20-7-5-4-6-16(20)3/h8-12,15-16,20H,4-7,14H2,1-3H3,(H,23,24)/b18-12+/t16-,20+/m1/s1. The normalized spacial score (nSPS) is 20.8. The summed E-state index contributed by atoms with van der Waals surface area (Å²) in [5.41, 5.74) is 0.967. The van der Waals surface area contributed by atoms with Gasteiger partial charge in [-0.05, 0) is 48.4 Å². The van der Waals surface area contributed by atoms with Crippen molar-refractivity contribution in [1.82, 2.24) is 5.32 Å². The minimum atomic E-state index is -0.276. The highest BCUT2D eigenvalue weighted by molar-refractivity contribution is 6.01. The monoisotopic (exact) mass is 340 g/mol. The lowest BCUT2D eigenvalue weighted by Crippen LogP contribution is -2.41. The van der Waals surface area contributed by atoms with Crippen molar-refractivity contribution >= 4 is 12.0 Å². The Morgan fingerprint density at radius 3 is 2.60 bits per heavy atom. The largest absolute Gasteiger partial charge is 0.493 e. The van der Waals surface area contributed by atoms with E-state index in [9.17, 15) is 10.1 Å². The molecule has 1 saturated carbocycles. The van der Waals surface area contributed by atoms with Crippen LogP contribution >= 0.6 is 0 Å². The molecule has 25 heavy (non-hydrogen) atoms. The van der Waals surface area contributed by atoms with Crippen molar-refractivity contribution in [1.29, 1.82) is 5.26 Å². The van der Waals surface area contributed by atoms with E-state index in [4.69, 9.17) is 4.74 Å². The van der Waals surface area contributed by atoms with Crippen LogP contribution in [0.4, 0.5) is 0 Å². The maximum absolute atomic E-state index is 12.4. The number of hydrogen-bond donors (Lipinski definition) is 1. The Bertz CT molecular complexity index is 641. The highest BCUT2D eigenvalue weighted by Crippen LogP contribution is 2.24. The number of benzene rings is 1. The lowest BCUT2D eigenvalue weighted by molar-refractivity contribution is -0.118. The Hall–Kier alpha value is -2.28. The quantitative estimate of drug-likeness (QED) is 0.619.